The number of fused-ring (bicyclic) bond motifs is 1. The van der Waals surface area contributed by atoms with E-state index in [1.54, 1.807) is 7.05 Å². The molecule has 1 amide bonds. The van der Waals surface area contributed by atoms with E-state index in [4.69, 9.17) is 28.7 Å². The van der Waals surface area contributed by atoms with E-state index in [-0.39, 0.29) is 43.8 Å². The van der Waals surface area contributed by atoms with Gasteiger partial charge < -0.3 is 29.1 Å². The molecule has 1 saturated carbocycles. The van der Waals surface area contributed by atoms with E-state index in [0.717, 1.165) is 29.5 Å². The Bertz CT molecular complexity index is 1480. The summed E-state index contributed by atoms with van der Waals surface area (Å²) in [6, 6.07) is 9.63. The second-order valence-corrected chi connectivity index (χ2v) is 12.0. The van der Waals surface area contributed by atoms with Gasteiger partial charge in [-0.3, -0.25) is 9.35 Å². The van der Waals surface area contributed by atoms with Crippen LogP contribution in [0.15, 0.2) is 34.7 Å². The third-order valence-electron chi connectivity index (χ3n) is 8.02. The molecule has 2 aromatic heterocycles. The molecule has 1 aliphatic carbocycles. The van der Waals surface area contributed by atoms with E-state index in [2.05, 4.69) is 5.32 Å². The fourth-order valence-electron chi connectivity index (χ4n) is 5.45. The van der Waals surface area contributed by atoms with E-state index >= 15 is 0 Å². The largest absolute Gasteiger partial charge is 0.506 e. The van der Waals surface area contributed by atoms with E-state index in [1.165, 1.54) is 4.31 Å². The summed E-state index contributed by atoms with van der Waals surface area (Å²) < 4.78 is 46.2. The molecule has 13 heteroatoms. The van der Waals surface area contributed by atoms with Gasteiger partial charge in [-0.1, -0.05) is 29.8 Å². The Hall–Kier alpha value is -3.36. The summed E-state index contributed by atoms with van der Waals surface area (Å²) in [5.74, 6) is 0.389. The van der Waals surface area contributed by atoms with Crippen LogP contribution in [0.2, 0.25) is 0 Å². The number of pyridine rings is 1. The summed E-state index contributed by atoms with van der Waals surface area (Å²) in [7, 11) is 1.57. The highest BCUT2D eigenvalue weighted by atomic mass is 32.2. The summed E-state index contributed by atoms with van der Waals surface area (Å²) in [5, 5.41) is 12.5. The van der Waals surface area contributed by atoms with Gasteiger partial charge in [0.1, 0.15) is 11.4 Å². The topological polar surface area (TPSA) is 161 Å². The number of carbonyl (C=O) groups excluding carboxylic acids is 1. The summed E-state index contributed by atoms with van der Waals surface area (Å²) in [6.07, 6.45) is 1.87. The molecule has 1 unspecified atom stereocenters. The molecule has 0 spiro atoms. The Morgan fingerprint density at radius 2 is 1.91 bits per heavy atom. The number of hydrogen-bond donors (Lipinski definition) is 3. The highest BCUT2D eigenvalue weighted by Gasteiger charge is 2.36. The molecule has 3 aromatic rings. The zero-order valence-electron chi connectivity index (χ0n) is 24.3. The SMILES string of the molecule is CNC(=O)c1c(-c2ccc(C)cc2)oc2nc(CN(CCOCCC3(OC(=O)O)CCOCC3)S(=O)O)c(C3CC3)cc12. The van der Waals surface area contributed by atoms with Crippen LogP contribution in [0.25, 0.3) is 22.4 Å². The van der Waals surface area contributed by atoms with Gasteiger partial charge in [0.15, 0.2) is 0 Å². The molecule has 2 aliphatic rings. The van der Waals surface area contributed by atoms with E-state index in [0.29, 0.717) is 54.9 Å². The number of amides is 1. The lowest BCUT2D eigenvalue weighted by atomic mass is 9.91. The highest BCUT2D eigenvalue weighted by molar-refractivity contribution is 7.76. The number of aryl methyl sites for hydroxylation is 1. The lowest BCUT2D eigenvalue weighted by Gasteiger charge is -2.35. The van der Waals surface area contributed by atoms with Gasteiger partial charge in [-0.05, 0) is 37.3 Å². The predicted molar refractivity (Wildman–Crippen MR) is 158 cm³/mol. The molecule has 3 N–H and O–H groups in total. The van der Waals surface area contributed by atoms with Crippen molar-refractivity contribution in [3.05, 3.63) is 52.7 Å². The van der Waals surface area contributed by atoms with Crippen LogP contribution in [-0.4, -0.2) is 80.8 Å². The van der Waals surface area contributed by atoms with Crippen LogP contribution in [0.4, 0.5) is 4.79 Å². The predicted octanol–water partition coefficient (Wildman–Crippen LogP) is 4.63. The molecule has 232 valence electrons. The fraction of sp³-hybridized carbons (Fsp3) is 0.500. The Morgan fingerprint density at radius 3 is 2.53 bits per heavy atom. The second-order valence-electron chi connectivity index (χ2n) is 11.0. The van der Waals surface area contributed by atoms with Crippen molar-refractivity contribution >= 4 is 34.4 Å². The van der Waals surface area contributed by atoms with Gasteiger partial charge >= 0.3 is 6.16 Å². The third kappa shape index (κ3) is 7.42. The molecule has 1 atom stereocenters. The maximum atomic E-state index is 13.0. The van der Waals surface area contributed by atoms with Gasteiger partial charge in [0, 0.05) is 38.4 Å². The van der Waals surface area contributed by atoms with Crippen molar-refractivity contribution in [3.63, 3.8) is 0 Å². The number of furan rings is 1. The van der Waals surface area contributed by atoms with Crippen LogP contribution in [0.1, 0.15) is 65.2 Å². The molecule has 1 aromatic carbocycles. The zero-order chi connectivity index (χ0) is 30.6. The number of ether oxygens (including phenoxy) is 3. The average Bonchev–Trinajstić information content (AvgIpc) is 3.76. The van der Waals surface area contributed by atoms with Gasteiger partial charge in [-0.15, -0.1) is 0 Å². The van der Waals surface area contributed by atoms with Gasteiger partial charge in [0.2, 0.25) is 17.0 Å². The van der Waals surface area contributed by atoms with Crippen molar-refractivity contribution in [1.29, 1.82) is 0 Å². The van der Waals surface area contributed by atoms with Crippen molar-refractivity contribution in [2.75, 3.05) is 40.0 Å². The number of carbonyl (C=O) groups is 2. The smallest absolute Gasteiger partial charge is 0.450 e. The van der Waals surface area contributed by atoms with Crippen molar-refractivity contribution in [2.24, 2.45) is 0 Å². The Kier molecular flexibility index (Phi) is 9.77. The summed E-state index contributed by atoms with van der Waals surface area (Å²) in [5.41, 5.74) is 3.22. The molecule has 43 heavy (non-hydrogen) atoms. The number of rotatable bonds is 13. The minimum absolute atomic E-state index is 0.0769. The van der Waals surface area contributed by atoms with E-state index in [1.807, 2.05) is 37.3 Å². The molecular formula is C30H37N3O9S. The maximum absolute atomic E-state index is 13.0. The Morgan fingerprint density at radius 1 is 1.19 bits per heavy atom. The van der Waals surface area contributed by atoms with Crippen LogP contribution < -0.4 is 5.32 Å². The van der Waals surface area contributed by atoms with Crippen molar-refractivity contribution in [2.45, 2.75) is 57.1 Å². The van der Waals surface area contributed by atoms with Crippen LogP contribution in [0, 0.1) is 6.92 Å². The maximum Gasteiger partial charge on any atom is 0.506 e. The summed E-state index contributed by atoms with van der Waals surface area (Å²) in [6.45, 7) is 3.40. The number of carboxylic acid groups (broad SMARTS) is 1. The number of nitrogens with zero attached hydrogens (tertiary/aromatic N) is 2. The van der Waals surface area contributed by atoms with Crippen LogP contribution in [-0.2, 0) is 32.0 Å². The van der Waals surface area contributed by atoms with Gasteiger partial charge in [-0.25, -0.2) is 14.0 Å². The Labute approximate surface area is 252 Å². The number of benzene rings is 1. The van der Waals surface area contributed by atoms with Crippen LogP contribution >= 0.6 is 0 Å². The zero-order valence-corrected chi connectivity index (χ0v) is 25.1. The first-order chi connectivity index (χ1) is 20.7. The second kappa shape index (κ2) is 13.5. The molecule has 3 heterocycles. The molecule has 0 bridgehead atoms. The van der Waals surface area contributed by atoms with Crippen molar-refractivity contribution in [1.82, 2.24) is 14.6 Å². The quantitative estimate of drug-likeness (QED) is 0.140. The number of aromatic nitrogens is 1. The molecule has 1 saturated heterocycles. The standard InChI is InChI=1S/C30H37N3O9S/c1-19-3-5-21(6-4-19)26-25(27(34)31-2)23-17-22(20-7-8-20)24(32-28(23)41-26)18-33(43(37)38)12-16-40-15-11-30(42-29(35)36)9-13-39-14-10-30/h3-6,17,20H,7-16,18H2,1-2H3,(H,31,34)(H,35,36)(H,37,38). The first kappa shape index (κ1) is 31.1. The molecule has 1 aliphatic heterocycles. The molecule has 12 nitrogen and oxygen atoms in total. The first-order valence-electron chi connectivity index (χ1n) is 14.4. The normalized spacial score (nSPS) is 17.2. The average molecular weight is 616 g/mol. The van der Waals surface area contributed by atoms with Gasteiger partial charge in [-0.2, -0.15) is 4.31 Å². The fourth-order valence-corrected chi connectivity index (χ4v) is 5.91. The van der Waals surface area contributed by atoms with E-state index in [9.17, 15) is 18.4 Å². The first-order valence-corrected chi connectivity index (χ1v) is 15.4. The lowest BCUT2D eigenvalue weighted by molar-refractivity contribution is -0.0982. The highest BCUT2D eigenvalue weighted by Crippen LogP contribution is 2.44. The Balaban J connectivity index is 1.33. The van der Waals surface area contributed by atoms with Crippen LogP contribution in [0.3, 0.4) is 0 Å². The van der Waals surface area contributed by atoms with Crippen LogP contribution in [0.5, 0.6) is 0 Å². The third-order valence-corrected chi connectivity index (χ3v) is 8.78. The number of hydrogen-bond acceptors (Lipinski definition) is 8. The number of nitrogens with one attached hydrogen (secondary N) is 1. The molecular weight excluding hydrogens is 578 g/mol. The van der Waals surface area contributed by atoms with E-state index < -0.39 is 23.0 Å². The molecule has 5 rings (SSSR count). The molecule has 2 fully saturated rings. The molecule has 0 radical (unpaired) electrons. The lowest BCUT2D eigenvalue weighted by Crippen LogP contribution is -2.41. The minimum Gasteiger partial charge on any atom is -0.450 e. The van der Waals surface area contributed by atoms with Gasteiger partial charge in [0.05, 0.1) is 49.6 Å². The summed E-state index contributed by atoms with van der Waals surface area (Å²) >= 11 is -2.30. The van der Waals surface area contributed by atoms with Crippen molar-refractivity contribution in [3.8, 4) is 11.3 Å². The van der Waals surface area contributed by atoms with Crippen molar-refractivity contribution < 1.29 is 42.1 Å². The van der Waals surface area contributed by atoms with Gasteiger partial charge in [0.25, 0.3) is 5.91 Å². The summed E-state index contributed by atoms with van der Waals surface area (Å²) in [4.78, 5) is 29.0. The monoisotopic (exact) mass is 615 g/mol. The minimum atomic E-state index is -2.30.